The Balaban J connectivity index is 2.36. The summed E-state index contributed by atoms with van der Waals surface area (Å²) >= 11 is 0. The van der Waals surface area contributed by atoms with Gasteiger partial charge in [0.05, 0.1) is 6.61 Å². The number of para-hydroxylation sites is 1. The molecule has 0 aliphatic carbocycles. The van der Waals surface area contributed by atoms with E-state index in [1.54, 1.807) is 0 Å². The predicted octanol–water partition coefficient (Wildman–Crippen LogP) is 1.82. The highest BCUT2D eigenvalue weighted by atomic mass is 16.6. The van der Waals surface area contributed by atoms with E-state index in [0.717, 1.165) is 6.61 Å². The van der Waals surface area contributed by atoms with Crippen LogP contribution in [0, 0.1) is 0 Å². The lowest BCUT2D eigenvalue weighted by atomic mass is 10.1. The second kappa shape index (κ2) is 2.79. The molecule has 2 rings (SSSR count). The van der Waals surface area contributed by atoms with Crippen LogP contribution in [0.25, 0.3) is 0 Å². The van der Waals surface area contributed by atoms with Crippen molar-refractivity contribution in [2.45, 2.75) is 6.10 Å². The summed E-state index contributed by atoms with van der Waals surface area (Å²) in [7, 11) is 4.11. The molecule has 0 unspecified atom stereocenters. The predicted molar refractivity (Wildman–Crippen MR) is 49.5 cm³/mol. The molecule has 1 aliphatic heterocycles. The van der Waals surface area contributed by atoms with Crippen LogP contribution in [0.2, 0.25) is 0 Å². The Morgan fingerprint density at radius 1 is 1.33 bits per heavy atom. The fourth-order valence-corrected chi connectivity index (χ4v) is 1.39. The molecule has 1 aromatic rings. The number of benzene rings is 1. The Bertz CT molecular complexity index is 258. The van der Waals surface area contributed by atoms with Gasteiger partial charge in [0.25, 0.3) is 0 Å². The van der Waals surface area contributed by atoms with Crippen molar-refractivity contribution < 1.29 is 4.74 Å². The number of ether oxygens (including phenoxy) is 1. The van der Waals surface area contributed by atoms with Crippen molar-refractivity contribution in [3.8, 4) is 0 Å². The molecule has 2 nitrogen and oxygen atoms in total. The van der Waals surface area contributed by atoms with Crippen molar-refractivity contribution in [3.63, 3.8) is 0 Å². The lowest BCUT2D eigenvalue weighted by Crippen LogP contribution is -2.10. The van der Waals surface area contributed by atoms with Gasteiger partial charge in [-0.1, -0.05) is 18.2 Å². The summed E-state index contributed by atoms with van der Waals surface area (Å²) in [6.45, 7) is 0.880. The third kappa shape index (κ3) is 1.30. The van der Waals surface area contributed by atoms with Gasteiger partial charge in [0.2, 0.25) is 0 Å². The van der Waals surface area contributed by atoms with Gasteiger partial charge in [0.1, 0.15) is 6.10 Å². The van der Waals surface area contributed by atoms with Crippen LogP contribution < -0.4 is 4.90 Å². The lowest BCUT2D eigenvalue weighted by Gasteiger charge is -2.15. The van der Waals surface area contributed by atoms with Crippen molar-refractivity contribution in [3.05, 3.63) is 29.8 Å². The molecular formula is C10H13NO. The Kier molecular flexibility index (Phi) is 1.77. The maximum absolute atomic E-state index is 5.26. The minimum atomic E-state index is 0.351. The van der Waals surface area contributed by atoms with E-state index in [1.807, 2.05) is 0 Å². The van der Waals surface area contributed by atoms with Crippen LogP contribution in [0.4, 0.5) is 5.69 Å². The number of nitrogens with zero attached hydrogens (tertiary/aromatic N) is 1. The molecule has 2 heteroatoms. The SMILES string of the molecule is CN(C)c1ccccc1[C@H]1CO1. The third-order valence-corrected chi connectivity index (χ3v) is 2.10. The maximum Gasteiger partial charge on any atom is 0.108 e. The highest BCUT2D eigenvalue weighted by molar-refractivity contribution is 5.54. The normalized spacial score (nSPS) is 20.7. The van der Waals surface area contributed by atoms with Crippen LogP contribution in [-0.2, 0) is 4.74 Å². The first-order chi connectivity index (χ1) is 5.79. The molecule has 1 aromatic carbocycles. The van der Waals surface area contributed by atoms with E-state index in [9.17, 15) is 0 Å². The molecule has 0 spiro atoms. The standard InChI is InChI=1S/C10H13NO/c1-11(2)9-6-4-3-5-8(9)10-7-12-10/h3-6,10H,7H2,1-2H3/t10-/m1/s1. The van der Waals surface area contributed by atoms with Gasteiger partial charge >= 0.3 is 0 Å². The van der Waals surface area contributed by atoms with Crippen LogP contribution in [0.3, 0.4) is 0 Å². The van der Waals surface area contributed by atoms with Gasteiger partial charge in [-0.15, -0.1) is 0 Å². The van der Waals surface area contributed by atoms with E-state index in [2.05, 4.69) is 43.3 Å². The second-order valence-corrected chi connectivity index (χ2v) is 3.28. The zero-order chi connectivity index (χ0) is 8.55. The molecule has 64 valence electrons. The first-order valence-corrected chi connectivity index (χ1v) is 4.17. The van der Waals surface area contributed by atoms with Crippen molar-refractivity contribution in [2.24, 2.45) is 0 Å². The molecule has 0 bridgehead atoms. The summed E-state index contributed by atoms with van der Waals surface area (Å²) in [5.41, 5.74) is 2.57. The molecule has 1 aliphatic rings. The quantitative estimate of drug-likeness (QED) is 0.618. The zero-order valence-electron chi connectivity index (χ0n) is 7.45. The molecule has 12 heavy (non-hydrogen) atoms. The number of hydrogen-bond acceptors (Lipinski definition) is 2. The van der Waals surface area contributed by atoms with E-state index in [1.165, 1.54) is 11.3 Å². The third-order valence-electron chi connectivity index (χ3n) is 2.10. The van der Waals surface area contributed by atoms with Crippen LogP contribution >= 0.6 is 0 Å². The molecule has 0 radical (unpaired) electrons. The summed E-state index contributed by atoms with van der Waals surface area (Å²) in [4.78, 5) is 2.12. The van der Waals surface area contributed by atoms with Crippen LogP contribution in [-0.4, -0.2) is 20.7 Å². The van der Waals surface area contributed by atoms with E-state index in [-0.39, 0.29) is 0 Å². The van der Waals surface area contributed by atoms with Crippen LogP contribution in [0.1, 0.15) is 11.7 Å². The minimum Gasteiger partial charge on any atom is -0.377 e. The number of anilines is 1. The molecule has 1 saturated heterocycles. The van der Waals surface area contributed by atoms with Gasteiger partial charge in [0.15, 0.2) is 0 Å². The van der Waals surface area contributed by atoms with Gasteiger partial charge in [0, 0.05) is 25.3 Å². The smallest absolute Gasteiger partial charge is 0.108 e. The van der Waals surface area contributed by atoms with Crippen molar-refractivity contribution in [2.75, 3.05) is 25.6 Å². The van der Waals surface area contributed by atoms with Gasteiger partial charge in [-0.2, -0.15) is 0 Å². The first kappa shape index (κ1) is 7.62. The lowest BCUT2D eigenvalue weighted by molar-refractivity contribution is 0.416. The fraction of sp³-hybridized carbons (Fsp3) is 0.400. The number of hydrogen-bond donors (Lipinski definition) is 0. The summed E-state index contributed by atoms with van der Waals surface area (Å²) in [5.74, 6) is 0. The summed E-state index contributed by atoms with van der Waals surface area (Å²) < 4.78 is 5.26. The Morgan fingerprint density at radius 2 is 2.00 bits per heavy atom. The average molecular weight is 163 g/mol. The highest BCUT2D eigenvalue weighted by Crippen LogP contribution is 2.35. The zero-order valence-corrected chi connectivity index (χ0v) is 7.45. The van der Waals surface area contributed by atoms with Crippen LogP contribution in [0.5, 0.6) is 0 Å². The van der Waals surface area contributed by atoms with Crippen molar-refractivity contribution >= 4 is 5.69 Å². The highest BCUT2D eigenvalue weighted by Gasteiger charge is 2.27. The Labute approximate surface area is 72.8 Å². The first-order valence-electron chi connectivity index (χ1n) is 4.17. The summed E-state index contributed by atoms with van der Waals surface area (Å²) in [5, 5.41) is 0. The number of rotatable bonds is 2. The Hall–Kier alpha value is -1.02. The average Bonchev–Trinajstić information content (AvgIpc) is 2.87. The Morgan fingerprint density at radius 3 is 2.58 bits per heavy atom. The van der Waals surface area contributed by atoms with E-state index in [0.29, 0.717) is 6.10 Å². The van der Waals surface area contributed by atoms with Gasteiger partial charge < -0.3 is 9.64 Å². The molecule has 1 fully saturated rings. The molecule has 0 aromatic heterocycles. The molecule has 0 N–H and O–H groups in total. The second-order valence-electron chi connectivity index (χ2n) is 3.28. The molecular weight excluding hydrogens is 150 g/mol. The molecule has 1 heterocycles. The summed E-state index contributed by atoms with van der Waals surface area (Å²) in [6, 6.07) is 8.37. The summed E-state index contributed by atoms with van der Waals surface area (Å²) in [6.07, 6.45) is 0.351. The van der Waals surface area contributed by atoms with Gasteiger partial charge in [-0.05, 0) is 6.07 Å². The molecule has 0 amide bonds. The van der Waals surface area contributed by atoms with E-state index < -0.39 is 0 Å². The van der Waals surface area contributed by atoms with Gasteiger partial charge in [-0.3, -0.25) is 0 Å². The largest absolute Gasteiger partial charge is 0.377 e. The van der Waals surface area contributed by atoms with Crippen molar-refractivity contribution in [1.29, 1.82) is 0 Å². The van der Waals surface area contributed by atoms with Gasteiger partial charge in [-0.25, -0.2) is 0 Å². The van der Waals surface area contributed by atoms with E-state index in [4.69, 9.17) is 4.74 Å². The fourth-order valence-electron chi connectivity index (χ4n) is 1.39. The maximum atomic E-state index is 5.26. The minimum absolute atomic E-state index is 0.351. The molecule has 1 atom stereocenters. The van der Waals surface area contributed by atoms with E-state index >= 15 is 0 Å². The molecule has 0 saturated carbocycles. The van der Waals surface area contributed by atoms with Crippen LogP contribution in [0.15, 0.2) is 24.3 Å². The van der Waals surface area contributed by atoms with Crippen molar-refractivity contribution in [1.82, 2.24) is 0 Å². The number of epoxide rings is 1. The monoisotopic (exact) mass is 163 g/mol. The topological polar surface area (TPSA) is 15.8 Å².